The molecule has 144 valence electrons. The lowest BCUT2D eigenvalue weighted by molar-refractivity contribution is -0.136. The molecule has 2 N–H and O–H groups in total. The maximum atomic E-state index is 12.6. The van der Waals surface area contributed by atoms with E-state index in [0.717, 1.165) is 36.1 Å². The fourth-order valence-corrected chi connectivity index (χ4v) is 4.19. The second kappa shape index (κ2) is 8.08. The summed E-state index contributed by atoms with van der Waals surface area (Å²) in [6.07, 6.45) is 5.75. The molecule has 0 saturated carbocycles. The molecule has 0 aliphatic carbocycles. The number of carbonyl (C=O) groups is 1. The predicted molar refractivity (Wildman–Crippen MR) is 114 cm³/mol. The van der Waals surface area contributed by atoms with E-state index in [0.29, 0.717) is 18.9 Å². The molecule has 1 aliphatic heterocycles. The highest BCUT2D eigenvalue weighted by molar-refractivity contribution is 7.12. The molecule has 0 spiro atoms. The van der Waals surface area contributed by atoms with Gasteiger partial charge in [0.05, 0.1) is 12.1 Å². The van der Waals surface area contributed by atoms with Crippen molar-refractivity contribution < 1.29 is 4.79 Å². The molecule has 1 amide bonds. The molecule has 1 saturated heterocycles. The number of aromatic nitrogens is 2. The Morgan fingerprint density at radius 3 is 2.89 bits per heavy atom. The lowest BCUT2D eigenvalue weighted by Gasteiger charge is -2.33. The summed E-state index contributed by atoms with van der Waals surface area (Å²) >= 11 is 1.78. The maximum Gasteiger partial charge on any atom is 0.237 e. The molecule has 2 aromatic heterocycles. The van der Waals surface area contributed by atoms with Crippen molar-refractivity contribution in [3.05, 3.63) is 58.1 Å². The molecule has 1 aliphatic rings. The van der Waals surface area contributed by atoms with Crippen molar-refractivity contribution in [3.8, 4) is 0 Å². The van der Waals surface area contributed by atoms with Gasteiger partial charge >= 0.3 is 0 Å². The summed E-state index contributed by atoms with van der Waals surface area (Å²) in [5, 5.41) is 0.843. The van der Waals surface area contributed by atoms with Crippen LogP contribution in [-0.4, -0.2) is 51.9 Å². The van der Waals surface area contributed by atoms with Gasteiger partial charge in [0.2, 0.25) is 5.91 Å². The second-order valence-corrected chi connectivity index (χ2v) is 8.33. The van der Waals surface area contributed by atoms with Crippen molar-refractivity contribution >= 4 is 40.0 Å². The van der Waals surface area contributed by atoms with Crippen molar-refractivity contribution in [1.29, 1.82) is 0 Å². The Kier molecular flexibility index (Phi) is 5.36. The highest BCUT2D eigenvalue weighted by atomic mass is 32.1. The third-order valence-corrected chi connectivity index (χ3v) is 5.88. The molecule has 0 bridgehead atoms. The number of nitrogens with zero attached hydrogens (tertiary/aromatic N) is 4. The van der Waals surface area contributed by atoms with Crippen molar-refractivity contribution in [2.75, 3.05) is 31.9 Å². The number of nitrogen functional groups attached to an aromatic ring is 1. The van der Waals surface area contributed by atoms with Gasteiger partial charge in [-0.2, -0.15) is 0 Å². The fraction of sp³-hybridized carbons (Fsp3) is 0.286. The number of amides is 1. The number of aryl methyl sites for hydroxylation is 1. The zero-order valence-corrected chi connectivity index (χ0v) is 16.7. The van der Waals surface area contributed by atoms with E-state index >= 15 is 0 Å². The van der Waals surface area contributed by atoms with Gasteiger partial charge in [-0.3, -0.25) is 9.69 Å². The zero-order chi connectivity index (χ0) is 19.5. The van der Waals surface area contributed by atoms with Gasteiger partial charge in [-0.25, -0.2) is 9.97 Å². The van der Waals surface area contributed by atoms with Crippen molar-refractivity contribution in [1.82, 2.24) is 19.8 Å². The lowest BCUT2D eigenvalue weighted by Crippen LogP contribution is -2.49. The van der Waals surface area contributed by atoms with Crippen LogP contribution in [0.3, 0.4) is 0 Å². The average molecular weight is 394 g/mol. The molecule has 0 radical (unpaired) electrons. The van der Waals surface area contributed by atoms with Crippen LogP contribution in [0.1, 0.15) is 15.3 Å². The predicted octanol–water partition coefficient (Wildman–Crippen LogP) is 2.94. The van der Waals surface area contributed by atoms with E-state index in [1.165, 1.54) is 16.1 Å². The van der Waals surface area contributed by atoms with Crippen LogP contribution < -0.4 is 5.73 Å². The number of rotatable bonds is 5. The van der Waals surface area contributed by atoms with Crippen LogP contribution in [0.25, 0.3) is 17.0 Å². The molecule has 4 rings (SSSR count). The quantitative estimate of drug-likeness (QED) is 0.721. The van der Waals surface area contributed by atoms with E-state index in [2.05, 4.69) is 46.1 Å². The first-order valence-corrected chi connectivity index (χ1v) is 10.1. The molecule has 1 fully saturated rings. The lowest BCUT2D eigenvalue weighted by atomic mass is 10.1. The summed E-state index contributed by atoms with van der Waals surface area (Å²) in [4.78, 5) is 27.5. The number of benzene rings is 1. The van der Waals surface area contributed by atoms with Crippen LogP contribution >= 0.6 is 11.3 Å². The van der Waals surface area contributed by atoms with Gasteiger partial charge in [0.15, 0.2) is 0 Å². The van der Waals surface area contributed by atoms with E-state index in [9.17, 15) is 4.79 Å². The Hall–Kier alpha value is -2.77. The molecule has 6 nitrogen and oxygen atoms in total. The number of fused-ring (bicyclic) bond motifs is 1. The van der Waals surface area contributed by atoms with Crippen molar-refractivity contribution in [2.24, 2.45) is 0 Å². The molecular weight excluding hydrogens is 370 g/mol. The van der Waals surface area contributed by atoms with E-state index < -0.39 is 0 Å². The maximum absolute atomic E-state index is 12.6. The van der Waals surface area contributed by atoms with E-state index in [4.69, 9.17) is 5.73 Å². The normalized spacial score (nSPS) is 15.8. The minimum atomic E-state index is 0.161. The Bertz CT molecular complexity index is 1030. The number of hydrogen-bond acceptors (Lipinski definition) is 6. The number of thiophene rings is 1. The Morgan fingerprint density at radius 2 is 2.11 bits per heavy atom. The number of anilines is 1. The zero-order valence-electron chi connectivity index (χ0n) is 15.8. The van der Waals surface area contributed by atoms with Crippen molar-refractivity contribution in [3.63, 3.8) is 0 Å². The smallest absolute Gasteiger partial charge is 0.237 e. The van der Waals surface area contributed by atoms with Gasteiger partial charge in [0.1, 0.15) is 12.1 Å². The standard InChI is InChI=1S/C21H23N5OS/c1-15-4-6-17(28-15)3-2-8-25-9-10-26(20(27)13-25)12-16-5-7-18-19(11-16)23-14-24-21(18)22/h2-7,11,14H,8-10,12-13H2,1H3,(H2,22,23,24)/b3-2+. The summed E-state index contributed by atoms with van der Waals surface area (Å²) in [5.74, 6) is 0.640. The summed E-state index contributed by atoms with van der Waals surface area (Å²) < 4.78 is 0. The van der Waals surface area contributed by atoms with Crippen LogP contribution in [0.5, 0.6) is 0 Å². The van der Waals surface area contributed by atoms with Crippen LogP contribution in [-0.2, 0) is 11.3 Å². The second-order valence-electron chi connectivity index (χ2n) is 7.01. The van der Waals surface area contributed by atoms with Crippen molar-refractivity contribution in [2.45, 2.75) is 13.5 Å². The highest BCUT2D eigenvalue weighted by Gasteiger charge is 2.23. The fourth-order valence-electron chi connectivity index (χ4n) is 3.38. The topological polar surface area (TPSA) is 75.3 Å². The summed E-state index contributed by atoms with van der Waals surface area (Å²) in [6.45, 7) is 5.56. The minimum absolute atomic E-state index is 0.161. The molecule has 0 unspecified atom stereocenters. The number of nitrogens with two attached hydrogens (primary N) is 1. The number of hydrogen-bond donors (Lipinski definition) is 1. The first kappa shape index (κ1) is 18.6. The molecule has 1 aromatic carbocycles. The van der Waals surface area contributed by atoms with Gasteiger partial charge in [-0.1, -0.05) is 12.1 Å². The van der Waals surface area contributed by atoms with E-state index in [1.807, 2.05) is 23.1 Å². The third kappa shape index (κ3) is 4.21. The van der Waals surface area contributed by atoms with E-state index in [-0.39, 0.29) is 5.91 Å². The molecule has 3 heterocycles. The first-order chi connectivity index (χ1) is 13.6. The van der Waals surface area contributed by atoms with Gasteiger partial charge in [-0.15, -0.1) is 11.3 Å². The van der Waals surface area contributed by atoms with Gasteiger partial charge < -0.3 is 10.6 Å². The minimum Gasteiger partial charge on any atom is -0.383 e. The Labute approximate surface area is 168 Å². The summed E-state index contributed by atoms with van der Waals surface area (Å²) in [5.41, 5.74) is 7.75. The number of carbonyl (C=O) groups excluding carboxylic acids is 1. The van der Waals surface area contributed by atoms with Crippen LogP contribution in [0, 0.1) is 6.92 Å². The highest BCUT2D eigenvalue weighted by Crippen LogP contribution is 2.20. The Morgan fingerprint density at radius 1 is 1.21 bits per heavy atom. The molecule has 3 aromatic rings. The van der Waals surface area contributed by atoms with Gasteiger partial charge in [-0.05, 0) is 42.8 Å². The number of piperazine rings is 1. The monoisotopic (exact) mass is 393 g/mol. The largest absolute Gasteiger partial charge is 0.383 e. The summed E-state index contributed by atoms with van der Waals surface area (Å²) in [7, 11) is 0. The molecule has 7 heteroatoms. The Balaban J connectivity index is 1.34. The van der Waals surface area contributed by atoms with Gasteiger partial charge in [0.25, 0.3) is 0 Å². The first-order valence-electron chi connectivity index (χ1n) is 9.31. The SMILES string of the molecule is Cc1ccc(/C=C/CN2CCN(Cc3ccc4c(N)ncnc4c3)C(=O)C2)s1. The van der Waals surface area contributed by atoms with Crippen LogP contribution in [0.4, 0.5) is 5.82 Å². The van der Waals surface area contributed by atoms with Crippen LogP contribution in [0.2, 0.25) is 0 Å². The molecular formula is C21H23N5OS. The van der Waals surface area contributed by atoms with Crippen LogP contribution in [0.15, 0.2) is 42.7 Å². The molecule has 0 atom stereocenters. The van der Waals surface area contributed by atoms with E-state index in [1.54, 1.807) is 11.3 Å². The van der Waals surface area contributed by atoms with Gasteiger partial charge in [0, 0.05) is 41.3 Å². The third-order valence-electron chi connectivity index (χ3n) is 4.91. The molecule has 28 heavy (non-hydrogen) atoms. The average Bonchev–Trinajstić information content (AvgIpc) is 3.09. The summed E-state index contributed by atoms with van der Waals surface area (Å²) in [6, 6.07) is 10.2.